The number of rotatable bonds is 4. The van der Waals surface area contributed by atoms with E-state index < -0.39 is 0 Å². The SMILES string of the molecule is CC(C)(C)ONCc1ccc(-c2ccccc2)cc1. The lowest BCUT2D eigenvalue weighted by Crippen LogP contribution is -2.28. The molecule has 1 N–H and O–H groups in total. The summed E-state index contributed by atoms with van der Waals surface area (Å²) in [6.45, 7) is 6.79. The second kappa shape index (κ2) is 6.00. The van der Waals surface area contributed by atoms with Crippen LogP contribution in [0, 0.1) is 0 Å². The molecule has 0 aromatic heterocycles. The topological polar surface area (TPSA) is 21.3 Å². The molecule has 0 saturated carbocycles. The van der Waals surface area contributed by atoms with Crippen molar-refractivity contribution in [1.29, 1.82) is 0 Å². The summed E-state index contributed by atoms with van der Waals surface area (Å²) in [4.78, 5) is 5.50. The highest BCUT2D eigenvalue weighted by Gasteiger charge is 2.09. The van der Waals surface area contributed by atoms with Gasteiger partial charge in [-0.2, -0.15) is 5.48 Å². The van der Waals surface area contributed by atoms with Gasteiger partial charge in [0.15, 0.2) is 0 Å². The number of hydrogen-bond donors (Lipinski definition) is 1. The highest BCUT2D eigenvalue weighted by molar-refractivity contribution is 5.63. The first-order chi connectivity index (χ1) is 9.04. The van der Waals surface area contributed by atoms with Crippen molar-refractivity contribution in [2.24, 2.45) is 0 Å². The molecule has 0 aliphatic rings. The Morgan fingerprint density at radius 2 is 1.42 bits per heavy atom. The minimum Gasteiger partial charge on any atom is -0.296 e. The lowest BCUT2D eigenvalue weighted by Gasteiger charge is -2.19. The van der Waals surface area contributed by atoms with Gasteiger partial charge in [-0.3, -0.25) is 4.84 Å². The average molecular weight is 255 g/mol. The third kappa shape index (κ3) is 4.51. The molecular weight excluding hydrogens is 234 g/mol. The molecule has 2 rings (SSSR count). The van der Waals surface area contributed by atoms with E-state index in [1.165, 1.54) is 16.7 Å². The van der Waals surface area contributed by atoms with Crippen molar-refractivity contribution >= 4 is 0 Å². The molecule has 0 atom stereocenters. The molecule has 0 fully saturated rings. The smallest absolute Gasteiger partial charge is 0.0813 e. The van der Waals surface area contributed by atoms with Crippen molar-refractivity contribution in [3.05, 3.63) is 60.2 Å². The minimum absolute atomic E-state index is 0.163. The van der Waals surface area contributed by atoms with Crippen molar-refractivity contribution in [1.82, 2.24) is 5.48 Å². The van der Waals surface area contributed by atoms with Gasteiger partial charge < -0.3 is 0 Å². The van der Waals surface area contributed by atoms with Crippen LogP contribution in [0.25, 0.3) is 11.1 Å². The highest BCUT2D eigenvalue weighted by Crippen LogP contribution is 2.19. The molecule has 100 valence electrons. The van der Waals surface area contributed by atoms with Gasteiger partial charge in [0.1, 0.15) is 0 Å². The Labute approximate surface area is 115 Å². The third-order valence-corrected chi connectivity index (χ3v) is 2.72. The van der Waals surface area contributed by atoms with E-state index in [2.05, 4.69) is 54.0 Å². The van der Waals surface area contributed by atoms with Gasteiger partial charge in [-0.25, -0.2) is 0 Å². The lowest BCUT2D eigenvalue weighted by atomic mass is 10.0. The summed E-state index contributed by atoms with van der Waals surface area (Å²) in [7, 11) is 0. The lowest BCUT2D eigenvalue weighted by molar-refractivity contribution is -0.0757. The molecule has 2 aromatic carbocycles. The Balaban J connectivity index is 1.96. The molecule has 0 bridgehead atoms. The first-order valence-corrected chi connectivity index (χ1v) is 6.60. The second-order valence-corrected chi connectivity index (χ2v) is 5.60. The molecule has 0 heterocycles. The van der Waals surface area contributed by atoms with Gasteiger partial charge in [-0.05, 0) is 37.5 Å². The maximum atomic E-state index is 5.50. The maximum Gasteiger partial charge on any atom is 0.0813 e. The number of nitrogens with one attached hydrogen (secondary N) is 1. The zero-order valence-electron chi connectivity index (χ0n) is 11.8. The van der Waals surface area contributed by atoms with E-state index in [-0.39, 0.29) is 5.60 Å². The molecule has 2 heteroatoms. The fourth-order valence-electron chi connectivity index (χ4n) is 1.78. The number of benzene rings is 2. The molecule has 0 amide bonds. The van der Waals surface area contributed by atoms with Crippen molar-refractivity contribution in [3.8, 4) is 11.1 Å². The van der Waals surface area contributed by atoms with Crippen LogP contribution in [0.1, 0.15) is 26.3 Å². The summed E-state index contributed by atoms with van der Waals surface area (Å²) >= 11 is 0. The second-order valence-electron chi connectivity index (χ2n) is 5.60. The van der Waals surface area contributed by atoms with Crippen LogP contribution in [0.2, 0.25) is 0 Å². The van der Waals surface area contributed by atoms with E-state index in [0.29, 0.717) is 6.54 Å². The summed E-state index contributed by atoms with van der Waals surface area (Å²) in [6.07, 6.45) is 0. The predicted octanol–water partition coefficient (Wildman–Crippen LogP) is 4.17. The molecule has 0 unspecified atom stereocenters. The van der Waals surface area contributed by atoms with E-state index in [4.69, 9.17) is 4.84 Å². The zero-order valence-corrected chi connectivity index (χ0v) is 11.8. The molecule has 0 radical (unpaired) electrons. The Morgan fingerprint density at radius 3 is 2.00 bits per heavy atom. The van der Waals surface area contributed by atoms with Crippen LogP contribution in [-0.4, -0.2) is 5.60 Å². The van der Waals surface area contributed by atoms with Crippen LogP contribution in [0.3, 0.4) is 0 Å². The Kier molecular flexibility index (Phi) is 4.35. The van der Waals surface area contributed by atoms with Gasteiger partial charge in [-0.1, -0.05) is 54.6 Å². The summed E-state index contributed by atoms with van der Waals surface area (Å²) in [5.74, 6) is 0. The molecule has 0 aliphatic carbocycles. The average Bonchev–Trinajstić information content (AvgIpc) is 2.39. The van der Waals surface area contributed by atoms with E-state index in [0.717, 1.165) is 0 Å². The summed E-state index contributed by atoms with van der Waals surface area (Å²) in [5.41, 5.74) is 6.53. The van der Waals surface area contributed by atoms with E-state index in [1.54, 1.807) is 0 Å². The predicted molar refractivity (Wildman–Crippen MR) is 79.6 cm³/mol. The molecule has 0 spiro atoms. The van der Waals surface area contributed by atoms with Crippen molar-refractivity contribution in [2.45, 2.75) is 32.9 Å². The van der Waals surface area contributed by atoms with Gasteiger partial charge in [-0.15, -0.1) is 0 Å². The quantitative estimate of drug-likeness (QED) is 0.828. The summed E-state index contributed by atoms with van der Waals surface area (Å²) in [6, 6.07) is 18.9. The van der Waals surface area contributed by atoms with Crippen LogP contribution in [0.5, 0.6) is 0 Å². The standard InChI is InChI=1S/C17H21NO/c1-17(2,3)19-18-13-14-9-11-16(12-10-14)15-7-5-4-6-8-15/h4-12,18H,13H2,1-3H3. The van der Waals surface area contributed by atoms with Gasteiger partial charge in [0.25, 0.3) is 0 Å². The normalized spacial score (nSPS) is 11.5. The van der Waals surface area contributed by atoms with Gasteiger partial charge >= 0.3 is 0 Å². The first-order valence-electron chi connectivity index (χ1n) is 6.60. The zero-order chi connectivity index (χ0) is 13.7. The van der Waals surface area contributed by atoms with Gasteiger partial charge in [0.05, 0.1) is 5.60 Å². The molecule has 2 aromatic rings. The van der Waals surface area contributed by atoms with Crippen LogP contribution < -0.4 is 5.48 Å². The first kappa shape index (κ1) is 13.8. The largest absolute Gasteiger partial charge is 0.296 e. The monoisotopic (exact) mass is 255 g/mol. The third-order valence-electron chi connectivity index (χ3n) is 2.72. The molecule has 2 nitrogen and oxygen atoms in total. The Hall–Kier alpha value is -1.64. The number of hydrogen-bond acceptors (Lipinski definition) is 2. The van der Waals surface area contributed by atoms with Crippen LogP contribution >= 0.6 is 0 Å². The van der Waals surface area contributed by atoms with E-state index >= 15 is 0 Å². The van der Waals surface area contributed by atoms with Gasteiger partial charge in [0.2, 0.25) is 0 Å². The highest BCUT2D eigenvalue weighted by atomic mass is 16.7. The molecule has 0 saturated heterocycles. The van der Waals surface area contributed by atoms with E-state index in [1.807, 2.05) is 26.8 Å². The van der Waals surface area contributed by atoms with Crippen molar-refractivity contribution in [3.63, 3.8) is 0 Å². The molecule has 19 heavy (non-hydrogen) atoms. The fraction of sp³-hybridized carbons (Fsp3) is 0.294. The van der Waals surface area contributed by atoms with Crippen LogP contribution in [0.15, 0.2) is 54.6 Å². The van der Waals surface area contributed by atoms with Crippen molar-refractivity contribution in [2.75, 3.05) is 0 Å². The van der Waals surface area contributed by atoms with Gasteiger partial charge in [0, 0.05) is 6.54 Å². The van der Waals surface area contributed by atoms with Crippen LogP contribution in [0.4, 0.5) is 0 Å². The summed E-state index contributed by atoms with van der Waals surface area (Å²) < 4.78 is 0. The Morgan fingerprint density at radius 1 is 0.842 bits per heavy atom. The molecular formula is C17H21NO. The molecule has 0 aliphatic heterocycles. The van der Waals surface area contributed by atoms with E-state index in [9.17, 15) is 0 Å². The fourth-order valence-corrected chi connectivity index (χ4v) is 1.78. The maximum absolute atomic E-state index is 5.50. The van der Waals surface area contributed by atoms with Crippen molar-refractivity contribution < 1.29 is 4.84 Å². The van der Waals surface area contributed by atoms with Crippen LogP contribution in [-0.2, 0) is 11.4 Å². The summed E-state index contributed by atoms with van der Waals surface area (Å²) in [5, 5.41) is 0. The minimum atomic E-state index is -0.163. The number of hydroxylamine groups is 1. The Bertz CT molecular complexity index is 497.